The van der Waals surface area contributed by atoms with Gasteiger partial charge in [0.15, 0.2) is 0 Å². The lowest BCUT2D eigenvalue weighted by molar-refractivity contribution is 0.404. The molecule has 0 radical (unpaired) electrons. The Morgan fingerprint density at radius 3 is 2.30 bits per heavy atom. The van der Waals surface area contributed by atoms with Crippen LogP contribution in [0.25, 0.3) is 0 Å². The molecule has 0 spiro atoms. The minimum atomic E-state index is -0.293. The van der Waals surface area contributed by atoms with Crippen LogP contribution in [0.1, 0.15) is 24.5 Å². The van der Waals surface area contributed by atoms with Gasteiger partial charge in [-0.15, -0.1) is 0 Å². The Morgan fingerprint density at radius 2 is 1.70 bits per heavy atom. The van der Waals surface area contributed by atoms with Gasteiger partial charge in [0.25, 0.3) is 0 Å². The number of rotatable bonds is 5. The molecule has 0 bridgehead atoms. The fourth-order valence-electron chi connectivity index (χ4n) is 2.36. The summed E-state index contributed by atoms with van der Waals surface area (Å²) in [5, 5.41) is 1.34. The van der Waals surface area contributed by atoms with Crippen LogP contribution >= 0.6 is 23.2 Å². The molecule has 0 saturated carbocycles. The van der Waals surface area contributed by atoms with Crippen LogP contribution in [0.5, 0.6) is 0 Å². The maximum absolute atomic E-state index is 6.58. The van der Waals surface area contributed by atoms with Crippen LogP contribution in [-0.2, 0) is 12.8 Å². The number of halogens is 2. The molecule has 0 aliphatic heterocycles. The second-order valence-electron chi connectivity index (χ2n) is 5.29. The Hall–Kier alpha value is -1.02. The van der Waals surface area contributed by atoms with E-state index in [1.807, 2.05) is 30.3 Å². The molecule has 106 valence electrons. The molecule has 2 aromatic carbocycles. The van der Waals surface area contributed by atoms with Gasteiger partial charge >= 0.3 is 0 Å². The molecule has 0 amide bonds. The van der Waals surface area contributed by atoms with Gasteiger partial charge < -0.3 is 5.73 Å². The largest absolute Gasteiger partial charge is 0.325 e. The zero-order valence-electron chi connectivity index (χ0n) is 11.6. The van der Waals surface area contributed by atoms with Crippen molar-refractivity contribution in [3.05, 3.63) is 69.7 Å². The summed E-state index contributed by atoms with van der Waals surface area (Å²) >= 11 is 12.2. The highest BCUT2D eigenvalue weighted by atomic mass is 35.5. The molecular weight excluding hydrogens is 289 g/mol. The summed E-state index contributed by atoms with van der Waals surface area (Å²) in [6, 6.07) is 15.9. The van der Waals surface area contributed by atoms with Crippen molar-refractivity contribution < 1.29 is 0 Å². The van der Waals surface area contributed by atoms with Crippen molar-refractivity contribution in [2.24, 2.45) is 5.73 Å². The highest BCUT2D eigenvalue weighted by molar-refractivity contribution is 6.35. The summed E-state index contributed by atoms with van der Waals surface area (Å²) < 4.78 is 0. The van der Waals surface area contributed by atoms with Gasteiger partial charge in [0.1, 0.15) is 0 Å². The first-order valence-corrected chi connectivity index (χ1v) is 7.55. The van der Waals surface area contributed by atoms with Crippen LogP contribution in [0.4, 0.5) is 0 Å². The molecule has 2 N–H and O–H groups in total. The van der Waals surface area contributed by atoms with Crippen LogP contribution in [0.2, 0.25) is 10.0 Å². The number of hydrogen-bond donors (Lipinski definition) is 1. The Bertz CT molecular complexity index is 568. The van der Waals surface area contributed by atoms with E-state index in [1.54, 1.807) is 6.07 Å². The fraction of sp³-hybridized carbons (Fsp3) is 0.294. The highest BCUT2D eigenvalue weighted by Crippen LogP contribution is 2.27. The average Bonchev–Trinajstić information content (AvgIpc) is 2.43. The van der Waals surface area contributed by atoms with Gasteiger partial charge in [-0.2, -0.15) is 0 Å². The molecule has 0 saturated heterocycles. The summed E-state index contributed by atoms with van der Waals surface area (Å²) in [5.74, 6) is 0. The molecule has 2 aromatic rings. The van der Waals surface area contributed by atoms with E-state index < -0.39 is 0 Å². The van der Waals surface area contributed by atoms with Crippen molar-refractivity contribution in [3.8, 4) is 0 Å². The van der Waals surface area contributed by atoms with Crippen molar-refractivity contribution in [1.82, 2.24) is 0 Å². The summed E-state index contributed by atoms with van der Waals surface area (Å²) in [4.78, 5) is 0. The zero-order chi connectivity index (χ0) is 14.6. The van der Waals surface area contributed by atoms with Crippen LogP contribution in [0.3, 0.4) is 0 Å². The van der Waals surface area contributed by atoms with E-state index in [1.165, 1.54) is 5.56 Å². The van der Waals surface area contributed by atoms with Gasteiger partial charge in [-0.1, -0.05) is 66.5 Å². The molecule has 0 heterocycles. The topological polar surface area (TPSA) is 26.0 Å². The summed E-state index contributed by atoms with van der Waals surface area (Å²) in [6.07, 6.45) is 2.47. The van der Waals surface area contributed by atoms with Gasteiger partial charge in [0, 0.05) is 15.6 Å². The minimum Gasteiger partial charge on any atom is -0.325 e. The molecule has 20 heavy (non-hydrogen) atoms. The second-order valence-corrected chi connectivity index (χ2v) is 6.13. The van der Waals surface area contributed by atoms with Gasteiger partial charge in [-0.05, 0) is 42.5 Å². The lowest BCUT2D eigenvalue weighted by Gasteiger charge is -2.29. The van der Waals surface area contributed by atoms with Gasteiger partial charge in [-0.25, -0.2) is 0 Å². The standard InChI is InChI=1S/C17H19Cl2N/c1-2-17(20,11-13-6-4-3-5-7-13)12-14-8-9-15(18)10-16(14)19/h3-10H,2,11-12,20H2,1H3. The van der Waals surface area contributed by atoms with Crippen LogP contribution < -0.4 is 5.73 Å². The third kappa shape index (κ3) is 3.99. The molecule has 1 nitrogen and oxygen atoms in total. The number of benzene rings is 2. The second kappa shape index (κ2) is 6.62. The zero-order valence-corrected chi connectivity index (χ0v) is 13.1. The average molecular weight is 308 g/mol. The molecule has 0 fully saturated rings. The fourth-order valence-corrected chi connectivity index (χ4v) is 2.83. The first kappa shape index (κ1) is 15.4. The smallest absolute Gasteiger partial charge is 0.0453 e. The van der Waals surface area contributed by atoms with E-state index in [2.05, 4.69) is 19.1 Å². The molecule has 2 rings (SSSR count). The Labute approximate surface area is 130 Å². The maximum atomic E-state index is 6.58. The molecule has 1 unspecified atom stereocenters. The van der Waals surface area contributed by atoms with Gasteiger partial charge in [0.05, 0.1) is 0 Å². The first-order valence-electron chi connectivity index (χ1n) is 6.79. The normalized spacial score (nSPS) is 14.0. The van der Waals surface area contributed by atoms with E-state index >= 15 is 0 Å². The molecule has 0 aliphatic carbocycles. The van der Waals surface area contributed by atoms with E-state index in [9.17, 15) is 0 Å². The number of hydrogen-bond acceptors (Lipinski definition) is 1. The molecular formula is C17H19Cl2N. The van der Waals surface area contributed by atoms with Crippen molar-refractivity contribution in [1.29, 1.82) is 0 Å². The van der Waals surface area contributed by atoms with Crippen molar-refractivity contribution in [2.75, 3.05) is 0 Å². The maximum Gasteiger partial charge on any atom is 0.0453 e. The number of nitrogens with two attached hydrogens (primary N) is 1. The Morgan fingerprint density at radius 1 is 1.00 bits per heavy atom. The highest BCUT2D eigenvalue weighted by Gasteiger charge is 2.24. The first-order chi connectivity index (χ1) is 9.52. The van der Waals surface area contributed by atoms with Gasteiger partial charge in [0.2, 0.25) is 0 Å². The lowest BCUT2D eigenvalue weighted by atomic mass is 9.83. The van der Waals surface area contributed by atoms with Crippen molar-refractivity contribution in [2.45, 2.75) is 31.7 Å². The predicted octanol–water partition coefficient (Wildman–Crippen LogP) is 4.89. The van der Waals surface area contributed by atoms with Crippen LogP contribution in [0.15, 0.2) is 48.5 Å². The van der Waals surface area contributed by atoms with E-state index in [-0.39, 0.29) is 5.54 Å². The van der Waals surface area contributed by atoms with E-state index in [4.69, 9.17) is 28.9 Å². The Balaban J connectivity index is 2.18. The van der Waals surface area contributed by atoms with E-state index in [0.717, 1.165) is 24.8 Å². The Kier molecular flexibility index (Phi) is 5.09. The predicted molar refractivity (Wildman–Crippen MR) is 87.5 cm³/mol. The third-order valence-corrected chi connectivity index (χ3v) is 4.25. The van der Waals surface area contributed by atoms with Crippen molar-refractivity contribution in [3.63, 3.8) is 0 Å². The molecule has 1 atom stereocenters. The summed E-state index contributed by atoms with van der Waals surface area (Å²) in [6.45, 7) is 2.12. The lowest BCUT2D eigenvalue weighted by Crippen LogP contribution is -2.43. The van der Waals surface area contributed by atoms with Gasteiger partial charge in [-0.3, -0.25) is 0 Å². The SMILES string of the molecule is CCC(N)(Cc1ccccc1)Cc1ccc(Cl)cc1Cl. The van der Waals surface area contributed by atoms with Crippen molar-refractivity contribution >= 4 is 23.2 Å². The summed E-state index contributed by atoms with van der Waals surface area (Å²) in [7, 11) is 0. The molecule has 0 aliphatic rings. The third-order valence-electron chi connectivity index (χ3n) is 3.66. The quantitative estimate of drug-likeness (QED) is 0.836. The monoisotopic (exact) mass is 307 g/mol. The molecule has 3 heteroatoms. The summed E-state index contributed by atoms with van der Waals surface area (Å²) in [5.41, 5.74) is 8.59. The molecule has 0 aromatic heterocycles. The van der Waals surface area contributed by atoms with Crippen LogP contribution in [-0.4, -0.2) is 5.54 Å². The van der Waals surface area contributed by atoms with Crippen LogP contribution in [0, 0.1) is 0 Å². The minimum absolute atomic E-state index is 0.293. The van der Waals surface area contributed by atoms with E-state index in [0.29, 0.717) is 10.0 Å².